The number of unbranched alkanes of at least 4 members (excludes halogenated alkanes) is 11. The Morgan fingerprint density at radius 1 is 0.440 bits per heavy atom. The van der Waals surface area contributed by atoms with Crippen molar-refractivity contribution in [1.29, 1.82) is 0 Å². The molecule has 0 bridgehead atoms. The molecule has 0 radical (unpaired) electrons. The monoisotopic (exact) mass is 1270 g/mol. The molecule has 3 aliphatic heterocycles. The number of rotatable bonds is 19. The molecule has 0 saturated carbocycles. The zero-order valence-electron chi connectivity index (χ0n) is 55.3. The van der Waals surface area contributed by atoms with Crippen molar-refractivity contribution in [2.45, 2.75) is 286 Å². The second kappa shape index (κ2) is 28.4. The Labute approximate surface area is 537 Å². The Balaban J connectivity index is 0.000000199. The summed E-state index contributed by atoms with van der Waals surface area (Å²) in [5.41, 5.74) is 11.5. The van der Waals surface area contributed by atoms with Gasteiger partial charge < -0.3 is 48.6 Å². The maximum absolute atomic E-state index is 6.52. The molecule has 2 aromatic heterocycles. The molecule has 0 amide bonds. The quantitative estimate of drug-likeness (QED) is 0.0454. The van der Waals surface area contributed by atoms with Gasteiger partial charge in [0.25, 0.3) is 0 Å². The summed E-state index contributed by atoms with van der Waals surface area (Å²) in [4.78, 5) is 0. The largest absolute Gasteiger partial charge is 1.00 e. The predicted octanol–water partition coefficient (Wildman–Crippen LogP) is 15.3. The van der Waals surface area contributed by atoms with Crippen LogP contribution in [0.3, 0.4) is 0 Å². The van der Waals surface area contributed by atoms with Crippen LogP contribution in [0, 0.1) is 6.92 Å². The Hall–Kier alpha value is -2.05. The van der Waals surface area contributed by atoms with Gasteiger partial charge in [0.15, 0.2) is 0 Å². The van der Waals surface area contributed by atoms with Crippen LogP contribution < -0.4 is 29.8 Å². The van der Waals surface area contributed by atoms with Crippen LogP contribution in [0.25, 0.3) is 43.6 Å². The van der Waals surface area contributed by atoms with Gasteiger partial charge in [-0.05, 0) is 205 Å². The normalized spacial score (nSPS) is 19.1. The van der Waals surface area contributed by atoms with Crippen molar-refractivity contribution in [1.82, 2.24) is 9.13 Å². The van der Waals surface area contributed by atoms with Gasteiger partial charge in [-0.1, -0.05) is 135 Å². The summed E-state index contributed by atoms with van der Waals surface area (Å²) < 4.78 is 50.4. The summed E-state index contributed by atoms with van der Waals surface area (Å²) in [5.74, 6) is 0. The first-order valence-corrected chi connectivity index (χ1v) is 33.7. The molecule has 5 aliphatic rings. The van der Waals surface area contributed by atoms with Crippen molar-refractivity contribution in [2.24, 2.45) is 0 Å². The van der Waals surface area contributed by atoms with Crippen LogP contribution in [0.5, 0.6) is 0 Å². The molecular formula is C69H102B3Br2LiN2O7. The van der Waals surface area contributed by atoms with E-state index in [1.54, 1.807) is 0 Å². The first kappa shape index (κ1) is 69.4. The van der Waals surface area contributed by atoms with E-state index in [1.165, 1.54) is 158 Å². The minimum Gasteiger partial charge on any atom is -0.399 e. The minimum absolute atomic E-state index is 0. The maximum atomic E-state index is 6.52. The number of aryl methyl sites for hydroxylation is 6. The van der Waals surface area contributed by atoms with Crippen molar-refractivity contribution in [3.05, 3.63) is 86.7 Å². The fourth-order valence-corrected chi connectivity index (χ4v) is 13.2. The van der Waals surface area contributed by atoms with Gasteiger partial charge >= 0.3 is 40.4 Å². The molecule has 6 aromatic rings. The average Bonchev–Trinajstić information content (AvgIpc) is 1.62. The van der Waals surface area contributed by atoms with Crippen LogP contribution in [-0.2, 0) is 71.4 Å². The second-order valence-corrected chi connectivity index (χ2v) is 29.5. The smallest absolute Gasteiger partial charge is 0.399 e. The van der Waals surface area contributed by atoms with E-state index in [9.17, 15) is 0 Å². The Bertz CT molecular complexity index is 2980. The summed E-state index contributed by atoms with van der Waals surface area (Å²) in [6.07, 6.45) is 22.5. The van der Waals surface area contributed by atoms with Gasteiger partial charge in [0.05, 0.1) is 44.6 Å². The molecule has 2 aliphatic carbocycles. The van der Waals surface area contributed by atoms with E-state index in [0.29, 0.717) is 0 Å². The third kappa shape index (κ3) is 15.1. The Morgan fingerprint density at radius 2 is 0.726 bits per heavy atom. The van der Waals surface area contributed by atoms with Gasteiger partial charge in [-0.2, -0.15) is 6.42 Å². The molecule has 5 heterocycles. The number of benzene rings is 4. The van der Waals surface area contributed by atoms with E-state index in [1.807, 2.05) is 41.5 Å². The zero-order valence-corrected chi connectivity index (χ0v) is 58.5. The van der Waals surface area contributed by atoms with Gasteiger partial charge in [-0.3, -0.25) is 0 Å². The molecule has 0 spiro atoms. The van der Waals surface area contributed by atoms with Crippen molar-refractivity contribution < 1.29 is 51.4 Å². The van der Waals surface area contributed by atoms with Crippen molar-refractivity contribution in [3.63, 3.8) is 0 Å². The predicted molar refractivity (Wildman–Crippen MR) is 360 cm³/mol. The van der Waals surface area contributed by atoms with Crippen LogP contribution >= 0.6 is 31.9 Å². The molecule has 454 valence electrons. The standard InChI is InChI=1S/C34H49B2NO4.C22H25Br2N.C9H19BO3.C4H9.Li/c1-10-11-12-13-14-15-18-37-27-21-25(35-38-31(2,3)32(4,5)39-35)19-23-16-17-24-20-26(22-28(37)30(24)29(23)27)36-40-33(6,7)34(8,9)41-36;1-2-3-4-5-6-7-10-25-19-13-17(23)11-15-8-9-16-12-18(24)14-20(25)22(16)21(15)19;1-7(2)11-10-12-8(3,4)9(5,6)13-10;1-3-4-2;/h19-22H,10-18H2,1-9H3;11-14H,2-10H2,1H3;7H,1-6H3;1,3-4H2,2H3;/q;;;-1;+1. The molecule has 3 fully saturated rings. The molecule has 4 aromatic carbocycles. The van der Waals surface area contributed by atoms with Crippen LogP contribution in [0.1, 0.15) is 230 Å². The van der Waals surface area contributed by atoms with Gasteiger partial charge in [0.1, 0.15) is 0 Å². The van der Waals surface area contributed by atoms with E-state index in [-0.39, 0.29) is 72.8 Å². The molecule has 84 heavy (non-hydrogen) atoms. The summed E-state index contributed by atoms with van der Waals surface area (Å²) >= 11 is 7.48. The van der Waals surface area contributed by atoms with Crippen LogP contribution in [0.4, 0.5) is 0 Å². The van der Waals surface area contributed by atoms with Crippen LogP contribution in [0.2, 0.25) is 0 Å². The van der Waals surface area contributed by atoms with E-state index in [0.717, 1.165) is 56.1 Å². The van der Waals surface area contributed by atoms with Crippen LogP contribution in [-0.4, -0.2) is 70.4 Å². The van der Waals surface area contributed by atoms with Gasteiger partial charge in [0, 0.05) is 60.7 Å². The summed E-state index contributed by atoms with van der Waals surface area (Å²) in [6.45, 7) is 41.5. The maximum Gasteiger partial charge on any atom is 1.00 e. The molecule has 0 atom stereocenters. The van der Waals surface area contributed by atoms with Crippen LogP contribution in [0.15, 0.2) is 57.5 Å². The van der Waals surface area contributed by atoms with E-state index in [2.05, 4.69) is 173 Å². The fourth-order valence-electron chi connectivity index (χ4n) is 12.2. The summed E-state index contributed by atoms with van der Waals surface area (Å²) in [7, 11) is -1.24. The molecular weight excluding hydrogens is 1170 g/mol. The number of hydrogen-bond acceptors (Lipinski definition) is 7. The summed E-state index contributed by atoms with van der Waals surface area (Å²) in [6, 6.07) is 18.7. The zero-order chi connectivity index (χ0) is 60.5. The van der Waals surface area contributed by atoms with Gasteiger partial charge in [-0.15, -0.1) is 0 Å². The first-order chi connectivity index (χ1) is 39.1. The van der Waals surface area contributed by atoms with Crippen molar-refractivity contribution >= 4 is 108 Å². The van der Waals surface area contributed by atoms with Crippen molar-refractivity contribution in [2.75, 3.05) is 0 Å². The first-order valence-electron chi connectivity index (χ1n) is 32.2. The Kier molecular flexibility index (Phi) is 23.5. The topological polar surface area (TPSA) is 74.5 Å². The van der Waals surface area contributed by atoms with Crippen molar-refractivity contribution in [3.8, 4) is 0 Å². The minimum atomic E-state index is -0.523. The van der Waals surface area contributed by atoms with E-state index >= 15 is 0 Å². The molecule has 0 unspecified atom stereocenters. The fraction of sp³-hybridized carbons (Fsp3) is 0.638. The average molecular weight is 1270 g/mol. The third-order valence-electron chi connectivity index (χ3n) is 19.3. The van der Waals surface area contributed by atoms with E-state index < -0.39 is 7.32 Å². The van der Waals surface area contributed by atoms with Gasteiger partial charge in [0.2, 0.25) is 0 Å². The molecule has 0 N–H and O–H groups in total. The molecule has 3 saturated heterocycles. The molecule has 9 nitrogen and oxygen atoms in total. The summed E-state index contributed by atoms with van der Waals surface area (Å²) in [5, 5.41) is 5.82. The van der Waals surface area contributed by atoms with E-state index in [4.69, 9.17) is 32.6 Å². The second-order valence-electron chi connectivity index (χ2n) is 27.7. The number of aromatic nitrogens is 2. The van der Waals surface area contributed by atoms with Gasteiger partial charge in [-0.25, -0.2) is 0 Å². The SMILES string of the molecule is CC(C)OB1OC(C)(C)C(C)(C)O1.CCCCCCCCn1c2cc(B3OC(C)(C)C(C)(C)O3)cc3c2c2c(cc(B4OC(C)(C)C(C)(C)O4)cc21)CC3.CCCCCCCCn1c2cc(Br)cc3c2c2c(cc(Br)cc21)CC3.[CH2-]CCC.[Li+]. The third-order valence-corrected chi connectivity index (χ3v) is 20.2. The Morgan fingerprint density at radius 3 is 1.04 bits per heavy atom. The number of halogens is 2. The molecule has 11 rings (SSSR count). The number of hydrogen-bond donors (Lipinski definition) is 0. The number of nitrogens with zero attached hydrogens (tertiary/aromatic N) is 2. The molecule has 15 heteroatoms.